The van der Waals surface area contributed by atoms with Crippen molar-refractivity contribution in [1.29, 1.82) is 0 Å². The zero-order valence-electron chi connectivity index (χ0n) is 14.0. The van der Waals surface area contributed by atoms with Crippen molar-refractivity contribution in [3.05, 3.63) is 47.1 Å². The van der Waals surface area contributed by atoms with Gasteiger partial charge in [-0.25, -0.2) is 8.42 Å². The van der Waals surface area contributed by atoms with Crippen LogP contribution < -0.4 is 5.32 Å². The first-order valence-corrected chi connectivity index (χ1v) is 10.5. The summed E-state index contributed by atoms with van der Waals surface area (Å²) in [7, 11) is -3.43. The Morgan fingerprint density at radius 3 is 2.68 bits per heavy atom. The predicted molar refractivity (Wildman–Crippen MR) is 96.6 cm³/mol. The fourth-order valence-corrected chi connectivity index (χ4v) is 5.78. The Morgan fingerprint density at radius 2 is 2.08 bits per heavy atom. The van der Waals surface area contributed by atoms with Gasteiger partial charge in [0.15, 0.2) is 0 Å². The highest BCUT2D eigenvalue weighted by Gasteiger charge is 2.32. The van der Waals surface area contributed by atoms with Crippen LogP contribution in [0, 0.1) is 12.8 Å². The van der Waals surface area contributed by atoms with Gasteiger partial charge >= 0.3 is 0 Å². The number of pyridine rings is 1. The van der Waals surface area contributed by atoms with Gasteiger partial charge in [-0.1, -0.05) is 6.07 Å². The molecule has 2 aromatic rings. The molecular weight excluding hydrogens is 358 g/mol. The third-order valence-corrected chi connectivity index (χ3v) is 7.69. The second-order valence-corrected chi connectivity index (χ2v) is 9.58. The lowest BCUT2D eigenvalue weighted by Gasteiger charge is -2.30. The minimum Gasteiger partial charge on any atom is -0.352 e. The molecule has 0 spiro atoms. The molecule has 6 nitrogen and oxygen atoms in total. The summed E-state index contributed by atoms with van der Waals surface area (Å²) in [5, 5.41) is 2.91. The maximum Gasteiger partial charge on any atom is 0.252 e. The number of nitrogens with zero attached hydrogens (tertiary/aromatic N) is 2. The standard InChI is InChI=1S/C17H21N3O3S2/c1-13-4-5-16(24-13)25(22,23)20-9-6-15(7-10-20)17(21)19-12-14-3-2-8-18-11-14/h2-5,8,11,15H,6-7,9-10,12H2,1H3,(H,19,21). The van der Waals surface area contributed by atoms with Gasteiger partial charge in [0.2, 0.25) is 5.91 Å². The number of carbonyl (C=O) groups is 1. The van der Waals surface area contributed by atoms with E-state index in [-0.39, 0.29) is 11.8 Å². The van der Waals surface area contributed by atoms with Crippen molar-refractivity contribution >= 4 is 27.3 Å². The van der Waals surface area contributed by atoms with Crippen molar-refractivity contribution in [2.24, 2.45) is 5.92 Å². The fraction of sp³-hybridized carbons (Fsp3) is 0.412. The number of nitrogens with one attached hydrogen (secondary N) is 1. The van der Waals surface area contributed by atoms with E-state index in [0.29, 0.717) is 36.7 Å². The summed E-state index contributed by atoms with van der Waals surface area (Å²) in [4.78, 5) is 17.3. The van der Waals surface area contributed by atoms with E-state index < -0.39 is 10.0 Å². The molecule has 1 aliphatic rings. The number of aryl methyl sites for hydroxylation is 1. The van der Waals surface area contributed by atoms with E-state index >= 15 is 0 Å². The van der Waals surface area contributed by atoms with E-state index in [4.69, 9.17) is 0 Å². The first kappa shape index (κ1) is 18.0. The molecule has 1 saturated heterocycles. The molecule has 1 aliphatic heterocycles. The lowest BCUT2D eigenvalue weighted by Crippen LogP contribution is -2.42. The minimum absolute atomic E-state index is 0.0205. The lowest BCUT2D eigenvalue weighted by molar-refractivity contribution is -0.126. The van der Waals surface area contributed by atoms with Gasteiger partial charge in [0, 0.05) is 42.8 Å². The number of piperidine rings is 1. The van der Waals surface area contributed by atoms with Gasteiger partial charge in [0.1, 0.15) is 4.21 Å². The minimum atomic E-state index is -3.43. The Balaban J connectivity index is 1.54. The summed E-state index contributed by atoms with van der Waals surface area (Å²) < 4.78 is 27.1. The molecule has 8 heteroatoms. The average Bonchev–Trinajstić information content (AvgIpc) is 3.08. The molecule has 1 N–H and O–H groups in total. The predicted octanol–water partition coefficient (Wildman–Crippen LogP) is 2.17. The van der Waals surface area contributed by atoms with E-state index in [1.54, 1.807) is 18.5 Å². The summed E-state index contributed by atoms with van der Waals surface area (Å²) >= 11 is 1.29. The number of thiophene rings is 1. The molecule has 25 heavy (non-hydrogen) atoms. The molecule has 2 aromatic heterocycles. The molecular formula is C17H21N3O3S2. The third kappa shape index (κ3) is 4.26. The van der Waals surface area contributed by atoms with Gasteiger partial charge in [-0.15, -0.1) is 11.3 Å². The van der Waals surface area contributed by atoms with Crippen LogP contribution in [0.1, 0.15) is 23.3 Å². The molecule has 0 radical (unpaired) electrons. The van der Waals surface area contributed by atoms with Gasteiger partial charge in [-0.3, -0.25) is 9.78 Å². The lowest BCUT2D eigenvalue weighted by atomic mass is 9.97. The van der Waals surface area contributed by atoms with Crippen molar-refractivity contribution in [3.63, 3.8) is 0 Å². The second kappa shape index (κ2) is 7.63. The van der Waals surface area contributed by atoms with Crippen molar-refractivity contribution < 1.29 is 13.2 Å². The van der Waals surface area contributed by atoms with Gasteiger partial charge in [-0.05, 0) is 43.5 Å². The molecule has 134 valence electrons. The van der Waals surface area contributed by atoms with E-state index in [2.05, 4.69) is 10.3 Å². The van der Waals surface area contributed by atoms with Crippen LogP contribution >= 0.6 is 11.3 Å². The highest BCUT2D eigenvalue weighted by Crippen LogP contribution is 2.28. The Morgan fingerprint density at radius 1 is 1.32 bits per heavy atom. The largest absolute Gasteiger partial charge is 0.352 e. The average molecular weight is 380 g/mol. The topological polar surface area (TPSA) is 79.4 Å². The van der Waals surface area contributed by atoms with E-state index in [0.717, 1.165) is 10.4 Å². The molecule has 0 aliphatic carbocycles. The van der Waals surface area contributed by atoms with E-state index in [9.17, 15) is 13.2 Å². The van der Waals surface area contributed by atoms with Gasteiger partial charge < -0.3 is 5.32 Å². The molecule has 0 unspecified atom stereocenters. The molecule has 1 amide bonds. The summed E-state index contributed by atoms with van der Waals surface area (Å²) in [6, 6.07) is 7.21. The number of sulfonamides is 1. The number of rotatable bonds is 5. The summed E-state index contributed by atoms with van der Waals surface area (Å²) in [6.07, 6.45) is 4.50. The SMILES string of the molecule is Cc1ccc(S(=O)(=O)N2CCC(C(=O)NCc3cccnc3)CC2)s1. The van der Waals surface area contributed by atoms with Crippen molar-refractivity contribution in [3.8, 4) is 0 Å². The maximum absolute atomic E-state index is 12.6. The van der Waals surface area contributed by atoms with Crippen molar-refractivity contribution in [2.75, 3.05) is 13.1 Å². The molecule has 1 fully saturated rings. The first-order chi connectivity index (χ1) is 12.0. The number of carbonyl (C=O) groups excluding carboxylic acids is 1. The molecule has 3 heterocycles. The summed E-state index contributed by atoms with van der Waals surface area (Å²) in [5.41, 5.74) is 0.948. The monoisotopic (exact) mass is 379 g/mol. The van der Waals surface area contributed by atoms with E-state index in [1.807, 2.05) is 25.1 Å². The van der Waals surface area contributed by atoms with Crippen LogP contribution in [-0.4, -0.2) is 36.7 Å². The molecule has 0 aromatic carbocycles. The van der Waals surface area contributed by atoms with Crippen molar-refractivity contribution in [1.82, 2.24) is 14.6 Å². The van der Waals surface area contributed by atoms with Crippen LogP contribution in [0.2, 0.25) is 0 Å². The maximum atomic E-state index is 12.6. The number of amides is 1. The van der Waals surface area contributed by atoms with Crippen LogP contribution in [0.5, 0.6) is 0 Å². The number of hydrogen-bond donors (Lipinski definition) is 1. The quantitative estimate of drug-likeness (QED) is 0.863. The Bertz CT molecular complexity index is 826. The van der Waals surface area contributed by atoms with Crippen LogP contribution in [-0.2, 0) is 21.4 Å². The fourth-order valence-electron chi connectivity index (χ4n) is 2.87. The normalized spacial score (nSPS) is 16.7. The van der Waals surface area contributed by atoms with Gasteiger partial charge in [-0.2, -0.15) is 4.31 Å². The summed E-state index contributed by atoms with van der Waals surface area (Å²) in [5.74, 6) is -0.166. The van der Waals surface area contributed by atoms with Crippen LogP contribution in [0.25, 0.3) is 0 Å². The summed E-state index contributed by atoms with van der Waals surface area (Å²) in [6.45, 7) is 3.09. The number of aromatic nitrogens is 1. The molecule has 0 saturated carbocycles. The van der Waals surface area contributed by atoms with Crippen LogP contribution in [0.4, 0.5) is 0 Å². The zero-order valence-corrected chi connectivity index (χ0v) is 15.6. The van der Waals surface area contributed by atoms with E-state index in [1.165, 1.54) is 15.6 Å². The van der Waals surface area contributed by atoms with Gasteiger partial charge in [0.25, 0.3) is 10.0 Å². The molecule has 0 bridgehead atoms. The molecule has 0 atom stereocenters. The Labute approximate surface area is 151 Å². The van der Waals surface area contributed by atoms with Crippen LogP contribution in [0.3, 0.4) is 0 Å². The van der Waals surface area contributed by atoms with Crippen molar-refractivity contribution in [2.45, 2.75) is 30.5 Å². The molecule has 3 rings (SSSR count). The third-order valence-electron chi connectivity index (χ3n) is 4.32. The number of hydrogen-bond acceptors (Lipinski definition) is 5. The van der Waals surface area contributed by atoms with Gasteiger partial charge in [0.05, 0.1) is 0 Å². The second-order valence-electron chi connectivity index (χ2n) is 6.12. The smallest absolute Gasteiger partial charge is 0.252 e. The Kier molecular flexibility index (Phi) is 5.51. The van der Waals surface area contributed by atoms with Crippen LogP contribution in [0.15, 0.2) is 40.9 Å². The highest BCUT2D eigenvalue weighted by molar-refractivity contribution is 7.91. The zero-order chi connectivity index (χ0) is 17.9. The highest BCUT2D eigenvalue weighted by atomic mass is 32.2. The first-order valence-electron chi connectivity index (χ1n) is 8.20. The Hall–Kier alpha value is -1.77.